The molecule has 3 atom stereocenters. The molecule has 0 radical (unpaired) electrons. The van der Waals surface area contributed by atoms with Gasteiger partial charge in [-0.25, -0.2) is 0 Å². The molecule has 38 heavy (non-hydrogen) atoms. The van der Waals surface area contributed by atoms with Crippen LogP contribution in [0.15, 0.2) is 60.7 Å². The van der Waals surface area contributed by atoms with E-state index in [1.807, 2.05) is 64.1 Å². The third-order valence-electron chi connectivity index (χ3n) is 8.62. The fraction of sp³-hybridized carbons (Fsp3) is 0.265. The highest BCUT2D eigenvalue weighted by atomic mass is 16.3. The number of benzene rings is 4. The van der Waals surface area contributed by atoms with Gasteiger partial charge in [0.15, 0.2) is 17.3 Å². The number of aliphatic hydroxyl groups excluding tert-OH is 1. The molecule has 0 bridgehead atoms. The summed E-state index contributed by atoms with van der Waals surface area (Å²) >= 11 is 0. The average Bonchev–Trinajstić information content (AvgIpc) is 2.92. The summed E-state index contributed by atoms with van der Waals surface area (Å²) < 4.78 is 0. The van der Waals surface area contributed by atoms with Crippen molar-refractivity contribution in [3.05, 3.63) is 116 Å². The Balaban J connectivity index is 1.57. The zero-order valence-corrected chi connectivity index (χ0v) is 22.1. The van der Waals surface area contributed by atoms with Crippen LogP contribution in [0.3, 0.4) is 0 Å². The summed E-state index contributed by atoms with van der Waals surface area (Å²) in [4.78, 5) is 42.0. The molecule has 0 aliphatic heterocycles. The van der Waals surface area contributed by atoms with E-state index in [1.54, 1.807) is 24.3 Å². The molecule has 0 spiro atoms. The summed E-state index contributed by atoms with van der Waals surface area (Å²) in [5.41, 5.74) is 7.51. The van der Waals surface area contributed by atoms with Crippen molar-refractivity contribution >= 4 is 28.1 Å². The van der Waals surface area contributed by atoms with Crippen LogP contribution in [-0.2, 0) is 12.8 Å². The highest BCUT2D eigenvalue weighted by molar-refractivity contribution is 6.34. The van der Waals surface area contributed by atoms with Gasteiger partial charge in [-0.2, -0.15) is 0 Å². The molecule has 0 amide bonds. The summed E-state index contributed by atoms with van der Waals surface area (Å²) in [6, 6.07) is 18.8. The Morgan fingerprint density at radius 1 is 0.632 bits per heavy atom. The van der Waals surface area contributed by atoms with Gasteiger partial charge in [-0.05, 0) is 77.1 Å². The van der Waals surface area contributed by atoms with Crippen LogP contribution < -0.4 is 0 Å². The Labute approximate surface area is 222 Å². The number of aryl methyl sites for hydroxylation is 4. The van der Waals surface area contributed by atoms with E-state index in [0.29, 0.717) is 33.0 Å². The van der Waals surface area contributed by atoms with E-state index in [4.69, 9.17) is 0 Å². The monoisotopic (exact) mass is 502 g/mol. The fourth-order valence-corrected chi connectivity index (χ4v) is 6.81. The summed E-state index contributed by atoms with van der Waals surface area (Å²) in [6.45, 7) is 7.98. The van der Waals surface area contributed by atoms with Gasteiger partial charge in [0.25, 0.3) is 0 Å². The topological polar surface area (TPSA) is 71.4 Å². The first kappa shape index (κ1) is 24.4. The number of hydrogen-bond acceptors (Lipinski definition) is 4. The number of rotatable bonds is 4. The Morgan fingerprint density at radius 3 is 1.71 bits per heavy atom. The third-order valence-corrected chi connectivity index (χ3v) is 8.62. The number of aliphatic hydroxyl groups is 1. The molecule has 4 aromatic carbocycles. The van der Waals surface area contributed by atoms with Crippen molar-refractivity contribution in [2.75, 3.05) is 0 Å². The minimum absolute atomic E-state index is 0.174. The van der Waals surface area contributed by atoms with Gasteiger partial charge in [-0.15, -0.1) is 0 Å². The van der Waals surface area contributed by atoms with Gasteiger partial charge in [-0.1, -0.05) is 68.4 Å². The maximum Gasteiger partial charge on any atom is 0.178 e. The summed E-state index contributed by atoms with van der Waals surface area (Å²) in [6.07, 6.45) is 0.391. The second kappa shape index (κ2) is 8.85. The van der Waals surface area contributed by atoms with Gasteiger partial charge in [0, 0.05) is 22.1 Å². The van der Waals surface area contributed by atoms with E-state index in [9.17, 15) is 19.5 Å². The lowest BCUT2D eigenvalue weighted by molar-refractivity contribution is 0.0792. The van der Waals surface area contributed by atoms with E-state index < -0.39 is 17.9 Å². The fourth-order valence-electron chi connectivity index (χ4n) is 6.81. The van der Waals surface area contributed by atoms with Crippen LogP contribution in [0, 0.1) is 13.8 Å². The highest BCUT2D eigenvalue weighted by Gasteiger charge is 2.44. The Hall–Kier alpha value is -3.89. The molecule has 3 unspecified atom stereocenters. The summed E-state index contributed by atoms with van der Waals surface area (Å²) in [5.74, 6) is -2.31. The Kier molecular flexibility index (Phi) is 5.69. The smallest absolute Gasteiger partial charge is 0.178 e. The van der Waals surface area contributed by atoms with Crippen molar-refractivity contribution in [2.45, 2.75) is 58.5 Å². The van der Waals surface area contributed by atoms with E-state index in [0.717, 1.165) is 46.2 Å². The average molecular weight is 503 g/mol. The number of ketones is 3. The maximum absolute atomic E-state index is 14.0. The first-order valence-electron chi connectivity index (χ1n) is 13.4. The Bertz CT molecular complexity index is 1670. The van der Waals surface area contributed by atoms with Crippen molar-refractivity contribution in [1.29, 1.82) is 0 Å². The van der Waals surface area contributed by atoms with E-state index in [1.165, 1.54) is 0 Å². The van der Waals surface area contributed by atoms with Crippen LogP contribution in [0.5, 0.6) is 0 Å². The van der Waals surface area contributed by atoms with Gasteiger partial charge >= 0.3 is 0 Å². The van der Waals surface area contributed by atoms with Gasteiger partial charge in [-0.3, -0.25) is 14.4 Å². The number of hydrogen-bond donors (Lipinski definition) is 1. The van der Waals surface area contributed by atoms with E-state index in [2.05, 4.69) is 0 Å². The lowest BCUT2D eigenvalue weighted by Crippen LogP contribution is -2.32. The summed E-state index contributed by atoms with van der Waals surface area (Å²) in [7, 11) is 0. The van der Waals surface area contributed by atoms with Crippen molar-refractivity contribution in [2.24, 2.45) is 0 Å². The zero-order chi connectivity index (χ0) is 26.9. The minimum Gasteiger partial charge on any atom is -0.387 e. The van der Waals surface area contributed by atoms with Crippen LogP contribution in [0.1, 0.15) is 102 Å². The van der Waals surface area contributed by atoms with Crippen LogP contribution in [0.2, 0.25) is 0 Å². The van der Waals surface area contributed by atoms with Crippen LogP contribution in [-0.4, -0.2) is 22.5 Å². The van der Waals surface area contributed by atoms with Crippen LogP contribution in [0.4, 0.5) is 0 Å². The number of carbonyl (C=O) groups excluding carboxylic acids is 3. The predicted molar refractivity (Wildman–Crippen MR) is 148 cm³/mol. The lowest BCUT2D eigenvalue weighted by Gasteiger charge is -2.34. The van der Waals surface area contributed by atoms with Crippen molar-refractivity contribution < 1.29 is 19.5 Å². The first-order chi connectivity index (χ1) is 18.3. The molecule has 2 aliphatic rings. The quantitative estimate of drug-likeness (QED) is 0.313. The maximum atomic E-state index is 14.0. The molecule has 190 valence electrons. The molecular weight excluding hydrogens is 472 g/mol. The lowest BCUT2D eigenvalue weighted by atomic mass is 9.68. The molecular formula is C34H30O4. The molecule has 4 nitrogen and oxygen atoms in total. The predicted octanol–water partition coefficient (Wildman–Crippen LogP) is 6.76. The van der Waals surface area contributed by atoms with Crippen LogP contribution >= 0.6 is 0 Å². The van der Waals surface area contributed by atoms with E-state index >= 15 is 0 Å². The SMILES string of the molecule is CCc1cccc(C)c1C1C(=O)c2ccc3c4c(ccc(c24)C1=O)C(O)C(c1c(C)cccc1CC)C3=O. The highest BCUT2D eigenvalue weighted by Crippen LogP contribution is 2.49. The van der Waals surface area contributed by atoms with Crippen molar-refractivity contribution in [3.8, 4) is 0 Å². The van der Waals surface area contributed by atoms with Crippen molar-refractivity contribution in [1.82, 2.24) is 0 Å². The van der Waals surface area contributed by atoms with Crippen LogP contribution in [0.25, 0.3) is 10.8 Å². The minimum atomic E-state index is -1.07. The third kappa shape index (κ3) is 3.23. The molecule has 0 aromatic heterocycles. The number of carbonyl (C=O) groups is 3. The molecule has 6 rings (SSSR count). The summed E-state index contributed by atoms with van der Waals surface area (Å²) in [5, 5.41) is 12.7. The van der Waals surface area contributed by atoms with Gasteiger partial charge < -0.3 is 5.11 Å². The zero-order valence-electron chi connectivity index (χ0n) is 22.1. The molecule has 0 saturated heterocycles. The van der Waals surface area contributed by atoms with E-state index in [-0.39, 0.29) is 17.3 Å². The molecule has 4 aromatic rings. The second-order valence-corrected chi connectivity index (χ2v) is 10.6. The normalized spacial score (nSPS) is 20.3. The van der Waals surface area contributed by atoms with Crippen molar-refractivity contribution in [3.63, 3.8) is 0 Å². The molecule has 2 aliphatic carbocycles. The molecule has 4 heteroatoms. The standard InChI is InChI=1S/C34H30O4/c1-5-19-11-7-9-17(3)25(19)29-31(35)21-13-15-23-28-24(16-14-22(27(21)28)32(29)36)34(38)30(33(23)37)26-18(4)10-8-12-20(26)6-2/h7-16,29-31,35H,5-6H2,1-4H3. The van der Waals surface area contributed by atoms with Gasteiger partial charge in [0.1, 0.15) is 5.92 Å². The van der Waals surface area contributed by atoms with Gasteiger partial charge in [0.2, 0.25) is 0 Å². The molecule has 0 heterocycles. The Morgan fingerprint density at radius 2 is 1.13 bits per heavy atom. The molecule has 0 fully saturated rings. The molecule has 0 saturated carbocycles. The number of Topliss-reactive ketones (excluding diaryl/α,β-unsaturated/α-hetero) is 3. The van der Waals surface area contributed by atoms with Gasteiger partial charge in [0.05, 0.1) is 12.0 Å². The second-order valence-electron chi connectivity index (χ2n) is 10.6. The first-order valence-corrected chi connectivity index (χ1v) is 13.4. The molecule has 1 N–H and O–H groups in total. The largest absolute Gasteiger partial charge is 0.387 e.